The Labute approximate surface area is 421 Å². The topological polar surface area (TPSA) is 105 Å². The van der Waals surface area contributed by atoms with Crippen molar-refractivity contribution in [2.75, 3.05) is 38.0 Å². The molecule has 6 aromatic rings. The number of carbonyl (C=O) groups is 1. The Bertz CT molecular complexity index is 2530. The van der Waals surface area contributed by atoms with Gasteiger partial charge in [-0.1, -0.05) is 174 Å². The second kappa shape index (κ2) is 27.3. The van der Waals surface area contributed by atoms with Crippen molar-refractivity contribution >= 4 is 42.2 Å². The van der Waals surface area contributed by atoms with Crippen LogP contribution < -0.4 is 15.6 Å². The van der Waals surface area contributed by atoms with Crippen LogP contribution in [0.4, 0.5) is 10.5 Å². The summed E-state index contributed by atoms with van der Waals surface area (Å²) in [6.07, 6.45) is 9.43. The van der Waals surface area contributed by atoms with Crippen LogP contribution in [0.2, 0.25) is 13.1 Å². The zero-order chi connectivity index (χ0) is 49.0. The number of aromatic nitrogens is 1. The van der Waals surface area contributed by atoms with E-state index in [1.165, 1.54) is 44.1 Å². The zero-order valence-corrected chi connectivity index (χ0v) is 44.9. The monoisotopic (exact) mass is 981 g/mol. The molecular formula is C58H76N4O6Si2. The van der Waals surface area contributed by atoms with Crippen LogP contribution >= 0.6 is 0 Å². The van der Waals surface area contributed by atoms with E-state index < -0.39 is 19.5 Å². The lowest BCUT2D eigenvalue weighted by molar-refractivity contribution is -0.0939. The summed E-state index contributed by atoms with van der Waals surface area (Å²) in [6, 6.07) is 46.8. The van der Waals surface area contributed by atoms with Gasteiger partial charge in [-0.25, -0.2) is 4.79 Å². The molecular weight excluding hydrogens is 905 g/mol. The first-order valence-electron chi connectivity index (χ1n) is 25.9. The predicted octanol–water partition coefficient (Wildman–Crippen LogP) is 11.5. The van der Waals surface area contributed by atoms with E-state index in [-0.39, 0.29) is 35.4 Å². The van der Waals surface area contributed by atoms with Crippen LogP contribution in [0.1, 0.15) is 94.2 Å². The van der Waals surface area contributed by atoms with E-state index >= 15 is 0 Å². The number of benzene rings is 5. The number of nitrogens with zero attached hydrogens (tertiary/aromatic N) is 2. The number of aromatic amines is 1. The average molecular weight is 981 g/mol. The summed E-state index contributed by atoms with van der Waals surface area (Å²) in [4.78, 5) is 34.1. The Morgan fingerprint density at radius 1 is 0.743 bits per heavy atom. The second-order valence-corrected chi connectivity index (χ2v) is 21.2. The molecule has 0 bridgehead atoms. The molecule has 1 atom stereocenters. The number of carbonyl (C=O) groups excluding carboxylic acids is 1. The molecule has 70 heavy (non-hydrogen) atoms. The molecule has 0 radical (unpaired) electrons. The van der Waals surface area contributed by atoms with E-state index in [4.69, 9.17) is 18.3 Å². The highest BCUT2D eigenvalue weighted by Gasteiger charge is 2.41. The number of fused-ring (bicyclic) bond motifs is 1. The number of H-pyrrole nitrogens is 1. The number of hydrogen-bond donors (Lipinski definition) is 2. The van der Waals surface area contributed by atoms with E-state index in [0.717, 1.165) is 97.4 Å². The highest BCUT2D eigenvalue weighted by molar-refractivity contribution is 6.26. The standard InChI is InChI=1S/C58H76N4O6Si2/c1-58(2,56(67-69-3)68-70-4)51(49-31-33-53(55-50(49)32-34-54(63)60-55)65-43-45-25-15-11-16-26-45)42-62(41-44-23-13-10-14-24-44)38-22-9-7-5-6-8-21-37-61-39-35-47(36-40-61)66-57(64)59-52-30-20-19-29-48(52)46-27-17-12-18-28-46/h10-20,23-34,47,51,56H,5-9,21-22,35-43,69-70H2,1-4H3,(H,59,64)(H,60,63)/t51-/m1/s1. The molecule has 1 amide bonds. The van der Waals surface area contributed by atoms with E-state index in [1.807, 2.05) is 84.9 Å². The van der Waals surface area contributed by atoms with Crippen LogP contribution in [0.25, 0.3) is 22.0 Å². The highest BCUT2D eigenvalue weighted by Crippen LogP contribution is 2.44. The normalized spacial score (nSPS) is 14.8. The fourth-order valence-corrected chi connectivity index (χ4v) is 11.8. The maximum atomic E-state index is 12.9. The predicted molar refractivity (Wildman–Crippen MR) is 292 cm³/mol. The first-order chi connectivity index (χ1) is 34.2. The molecule has 1 aromatic heterocycles. The van der Waals surface area contributed by atoms with Crippen LogP contribution in [0.15, 0.2) is 144 Å². The van der Waals surface area contributed by atoms with Gasteiger partial charge in [-0.2, -0.15) is 0 Å². The van der Waals surface area contributed by atoms with Crippen molar-refractivity contribution in [1.82, 2.24) is 14.8 Å². The molecule has 2 heterocycles. The summed E-state index contributed by atoms with van der Waals surface area (Å²) in [7, 11) is -1.52. The molecule has 0 saturated carbocycles. The maximum absolute atomic E-state index is 12.9. The van der Waals surface area contributed by atoms with Crippen LogP contribution in [0, 0.1) is 5.41 Å². The second-order valence-electron chi connectivity index (χ2n) is 19.3. The fraction of sp³-hybridized carbons (Fsp3) is 0.414. The molecule has 2 N–H and O–H groups in total. The number of likely N-dealkylation sites (tertiary alicyclic amines) is 1. The Hall–Kier alpha value is -5.35. The summed E-state index contributed by atoms with van der Waals surface area (Å²) in [5.74, 6) is 0.685. The summed E-state index contributed by atoms with van der Waals surface area (Å²) in [5.41, 5.74) is 6.53. The van der Waals surface area contributed by atoms with Gasteiger partial charge < -0.3 is 28.2 Å². The van der Waals surface area contributed by atoms with Gasteiger partial charge in [0.15, 0.2) is 19.5 Å². The highest BCUT2D eigenvalue weighted by atomic mass is 28.2. The Balaban J connectivity index is 0.909. The molecule has 372 valence electrons. The number of piperidine rings is 1. The van der Waals surface area contributed by atoms with E-state index in [0.29, 0.717) is 12.4 Å². The Morgan fingerprint density at radius 3 is 2.04 bits per heavy atom. The lowest BCUT2D eigenvalue weighted by Gasteiger charge is -2.43. The van der Waals surface area contributed by atoms with Crippen molar-refractivity contribution in [2.24, 2.45) is 5.41 Å². The van der Waals surface area contributed by atoms with E-state index in [9.17, 15) is 9.59 Å². The molecule has 0 aliphatic carbocycles. The number of unbranched alkanes of at least 4 members (excludes halogenated alkanes) is 6. The van der Waals surface area contributed by atoms with Gasteiger partial charge in [-0.3, -0.25) is 15.0 Å². The summed E-state index contributed by atoms with van der Waals surface area (Å²) in [6.45, 7) is 15.0. The van der Waals surface area contributed by atoms with Crippen LogP contribution in [-0.4, -0.2) is 85.5 Å². The summed E-state index contributed by atoms with van der Waals surface area (Å²) >= 11 is 0. The lowest BCUT2D eigenvalue weighted by Crippen LogP contribution is -2.45. The first kappa shape index (κ1) is 52.5. The molecule has 0 spiro atoms. The molecule has 7 rings (SSSR count). The quantitative estimate of drug-likeness (QED) is 0.0299. The van der Waals surface area contributed by atoms with Crippen molar-refractivity contribution < 1.29 is 23.1 Å². The maximum Gasteiger partial charge on any atom is 0.411 e. The molecule has 1 aliphatic rings. The third kappa shape index (κ3) is 15.3. The van der Waals surface area contributed by atoms with Gasteiger partial charge in [0.2, 0.25) is 5.56 Å². The third-order valence-corrected chi connectivity index (χ3v) is 15.1. The summed E-state index contributed by atoms with van der Waals surface area (Å²) < 4.78 is 25.4. The molecule has 5 aromatic carbocycles. The van der Waals surface area contributed by atoms with Crippen molar-refractivity contribution in [3.05, 3.63) is 167 Å². The van der Waals surface area contributed by atoms with Gasteiger partial charge in [0.25, 0.3) is 0 Å². The molecule has 1 aliphatic heterocycles. The largest absolute Gasteiger partial charge is 0.487 e. The lowest BCUT2D eigenvalue weighted by atomic mass is 9.72. The first-order valence-corrected chi connectivity index (χ1v) is 29.9. The third-order valence-electron chi connectivity index (χ3n) is 13.8. The fourth-order valence-electron chi connectivity index (χ4n) is 9.98. The molecule has 10 nitrogen and oxygen atoms in total. The number of ether oxygens (including phenoxy) is 2. The number of rotatable bonds is 27. The van der Waals surface area contributed by atoms with Gasteiger partial charge in [0.05, 0.1) is 11.2 Å². The number of anilines is 1. The van der Waals surface area contributed by atoms with Crippen LogP contribution in [0.5, 0.6) is 5.75 Å². The van der Waals surface area contributed by atoms with Gasteiger partial charge in [-0.05, 0) is 79.2 Å². The van der Waals surface area contributed by atoms with Crippen LogP contribution in [0.3, 0.4) is 0 Å². The molecule has 1 saturated heterocycles. The van der Waals surface area contributed by atoms with Crippen molar-refractivity contribution in [3.63, 3.8) is 0 Å². The number of hydrogen-bond acceptors (Lipinski definition) is 8. The number of para-hydroxylation sites is 1. The molecule has 12 heteroatoms. The van der Waals surface area contributed by atoms with Crippen molar-refractivity contribution in [3.8, 4) is 16.9 Å². The van der Waals surface area contributed by atoms with E-state index in [2.05, 4.69) is 95.6 Å². The Morgan fingerprint density at radius 2 is 1.36 bits per heavy atom. The average Bonchev–Trinajstić information content (AvgIpc) is 3.38. The van der Waals surface area contributed by atoms with Gasteiger partial charge in [-0.15, -0.1) is 0 Å². The van der Waals surface area contributed by atoms with Gasteiger partial charge in [0, 0.05) is 54.5 Å². The number of amides is 1. The molecule has 1 fully saturated rings. The van der Waals surface area contributed by atoms with Crippen LogP contribution in [-0.2, 0) is 26.7 Å². The van der Waals surface area contributed by atoms with Gasteiger partial charge >= 0.3 is 6.09 Å². The van der Waals surface area contributed by atoms with E-state index in [1.54, 1.807) is 6.07 Å². The summed E-state index contributed by atoms with van der Waals surface area (Å²) in [5, 5.41) is 3.99. The molecule has 0 unspecified atom stereocenters. The number of pyridine rings is 1. The smallest absolute Gasteiger partial charge is 0.411 e. The zero-order valence-electron chi connectivity index (χ0n) is 42.1. The number of nitrogens with one attached hydrogen (secondary N) is 2. The minimum absolute atomic E-state index is 0.0186. The Kier molecular flexibility index (Phi) is 20.5. The minimum atomic E-state index is -0.762. The van der Waals surface area contributed by atoms with Gasteiger partial charge in [0.1, 0.15) is 24.8 Å². The van der Waals surface area contributed by atoms with Crippen molar-refractivity contribution in [2.45, 2.75) is 116 Å². The van der Waals surface area contributed by atoms with Crippen molar-refractivity contribution in [1.29, 1.82) is 0 Å². The minimum Gasteiger partial charge on any atom is -0.487 e. The SMILES string of the molecule is C[SiH2]OC(O[SiH2]C)C(C)(C)[C@H](CN(CCCCCCCCCN1CCC(OC(=O)Nc2ccccc2-c2ccccc2)CC1)Cc1ccccc1)c1ccc(OCc2ccccc2)c2[nH]c(=O)ccc12.